The van der Waals surface area contributed by atoms with Crippen LogP contribution in [0, 0.1) is 6.92 Å². The van der Waals surface area contributed by atoms with Gasteiger partial charge >= 0.3 is 5.97 Å². The highest BCUT2D eigenvalue weighted by Crippen LogP contribution is 2.22. The molecule has 1 aromatic heterocycles. The van der Waals surface area contributed by atoms with Crippen LogP contribution in [0.25, 0.3) is 11.5 Å². The zero-order valence-corrected chi connectivity index (χ0v) is 22.7. The van der Waals surface area contributed by atoms with E-state index in [1.54, 1.807) is 38.3 Å². The zero-order valence-electron chi connectivity index (χ0n) is 22.7. The molecular weight excluding hydrogens is 508 g/mol. The Morgan fingerprint density at radius 1 is 1.00 bits per heavy atom. The first-order chi connectivity index (χ1) is 19.3. The summed E-state index contributed by atoms with van der Waals surface area (Å²) in [6.07, 6.45) is 2.22. The molecule has 206 valence electrons. The fourth-order valence-corrected chi connectivity index (χ4v) is 4.14. The van der Waals surface area contributed by atoms with Gasteiger partial charge in [-0.15, -0.1) is 0 Å². The number of aromatic nitrogens is 1. The third-order valence-electron chi connectivity index (χ3n) is 6.31. The minimum absolute atomic E-state index is 0.226. The molecule has 0 fully saturated rings. The van der Waals surface area contributed by atoms with Crippen LogP contribution in [0.3, 0.4) is 0 Å². The molecular formula is C32H32N2O6. The molecule has 1 heterocycles. The maximum Gasteiger partial charge on any atom is 0.326 e. The molecule has 0 aliphatic heterocycles. The molecule has 0 bridgehead atoms. The van der Waals surface area contributed by atoms with E-state index < -0.39 is 12.0 Å². The average molecular weight is 541 g/mol. The first-order valence-electron chi connectivity index (χ1n) is 12.9. The van der Waals surface area contributed by atoms with E-state index in [1.165, 1.54) is 6.08 Å². The lowest BCUT2D eigenvalue weighted by molar-refractivity contribution is -0.139. The van der Waals surface area contributed by atoms with Crippen molar-refractivity contribution in [1.29, 1.82) is 0 Å². The first-order valence-corrected chi connectivity index (χ1v) is 12.9. The maximum atomic E-state index is 12.5. The van der Waals surface area contributed by atoms with Crippen molar-refractivity contribution in [3.63, 3.8) is 0 Å². The van der Waals surface area contributed by atoms with Crippen molar-refractivity contribution in [2.24, 2.45) is 0 Å². The molecule has 2 N–H and O–H groups in total. The molecule has 0 spiro atoms. The number of carboxylic acids is 1. The molecule has 4 rings (SSSR count). The molecule has 0 saturated carbocycles. The van der Waals surface area contributed by atoms with Crippen molar-refractivity contribution in [3.05, 3.63) is 113 Å². The summed E-state index contributed by atoms with van der Waals surface area (Å²) >= 11 is 0. The molecule has 3 aromatic carbocycles. The van der Waals surface area contributed by atoms with Crippen LogP contribution in [-0.4, -0.2) is 41.6 Å². The number of allylic oxidation sites excluding steroid dienone is 2. The Hall–Kier alpha value is -4.85. The first kappa shape index (κ1) is 28.2. The number of carbonyl (C=O) groups is 2. The standard InChI is InChI=1S/C32H32N2O6/c1-21(19-30(35)24-11-15-26(38-3)16-12-24)33-29(32(36)37)20-23-9-13-27(14-10-23)39-18-17-28-22(2)40-31(34-28)25-7-5-4-6-8-25/h4-16,19,29,33H,17-18,20H2,1-3H3,(H,36,37)/t29-/m0/s1. The van der Waals surface area contributed by atoms with Crippen LogP contribution in [-0.2, 0) is 17.6 Å². The van der Waals surface area contributed by atoms with Crippen molar-refractivity contribution >= 4 is 11.8 Å². The van der Waals surface area contributed by atoms with Crippen LogP contribution < -0.4 is 14.8 Å². The Morgan fingerprint density at radius 3 is 2.33 bits per heavy atom. The number of aliphatic carboxylic acids is 1. The van der Waals surface area contributed by atoms with Gasteiger partial charge in [0.15, 0.2) is 5.78 Å². The fourth-order valence-electron chi connectivity index (χ4n) is 4.14. The minimum Gasteiger partial charge on any atom is -0.497 e. The van der Waals surface area contributed by atoms with Crippen molar-refractivity contribution < 1.29 is 28.6 Å². The smallest absolute Gasteiger partial charge is 0.326 e. The number of carboxylic acid groups (broad SMARTS) is 1. The predicted molar refractivity (Wildman–Crippen MR) is 152 cm³/mol. The van der Waals surface area contributed by atoms with Crippen molar-refractivity contribution in [1.82, 2.24) is 10.3 Å². The SMILES string of the molecule is COc1ccc(C(=O)C=C(C)N[C@@H](Cc2ccc(OCCc3nc(-c4ccccc4)oc3C)cc2)C(=O)O)cc1. The van der Waals surface area contributed by atoms with E-state index in [9.17, 15) is 14.7 Å². The molecule has 8 heteroatoms. The summed E-state index contributed by atoms with van der Waals surface area (Å²) in [6.45, 7) is 3.99. The lowest BCUT2D eigenvalue weighted by Crippen LogP contribution is -2.37. The number of carbonyl (C=O) groups excluding carboxylic acids is 1. The lowest BCUT2D eigenvalue weighted by Gasteiger charge is -2.16. The minimum atomic E-state index is -1.01. The largest absolute Gasteiger partial charge is 0.497 e. The van der Waals surface area contributed by atoms with Gasteiger partial charge in [-0.1, -0.05) is 30.3 Å². The molecule has 0 unspecified atom stereocenters. The number of nitrogens with one attached hydrogen (secondary N) is 1. The predicted octanol–water partition coefficient (Wildman–Crippen LogP) is 5.65. The topological polar surface area (TPSA) is 111 Å². The maximum absolute atomic E-state index is 12.5. The molecule has 0 amide bonds. The Bertz CT molecular complexity index is 1460. The highest BCUT2D eigenvalue weighted by Gasteiger charge is 2.18. The summed E-state index contributed by atoms with van der Waals surface area (Å²) in [5, 5.41) is 12.7. The third-order valence-corrected chi connectivity index (χ3v) is 6.31. The number of ether oxygens (including phenoxy) is 2. The Morgan fingerprint density at radius 2 is 1.68 bits per heavy atom. The van der Waals surface area contributed by atoms with Crippen LogP contribution in [0.2, 0.25) is 0 Å². The van der Waals surface area contributed by atoms with E-state index in [2.05, 4.69) is 10.3 Å². The monoisotopic (exact) mass is 540 g/mol. The normalized spacial score (nSPS) is 12.0. The number of benzene rings is 3. The summed E-state index contributed by atoms with van der Waals surface area (Å²) in [5.41, 5.74) is 3.55. The molecule has 0 aliphatic rings. The number of methoxy groups -OCH3 is 1. The average Bonchev–Trinajstić information content (AvgIpc) is 3.34. The zero-order chi connectivity index (χ0) is 28.5. The van der Waals surface area contributed by atoms with E-state index in [4.69, 9.17) is 13.9 Å². The molecule has 0 radical (unpaired) electrons. The van der Waals surface area contributed by atoms with Crippen LogP contribution in [0.4, 0.5) is 0 Å². The van der Waals surface area contributed by atoms with Crippen LogP contribution in [0.5, 0.6) is 11.5 Å². The molecule has 1 atom stereocenters. The molecule has 40 heavy (non-hydrogen) atoms. The van der Waals surface area contributed by atoms with Gasteiger partial charge in [-0.2, -0.15) is 0 Å². The lowest BCUT2D eigenvalue weighted by atomic mass is 10.0. The second-order valence-corrected chi connectivity index (χ2v) is 9.29. The quantitative estimate of drug-likeness (QED) is 0.165. The number of hydrogen-bond donors (Lipinski definition) is 2. The molecule has 0 aliphatic carbocycles. The summed E-state index contributed by atoms with van der Waals surface area (Å²) in [7, 11) is 1.56. The van der Waals surface area contributed by atoms with Crippen LogP contribution in [0.15, 0.2) is 95.1 Å². The van der Waals surface area contributed by atoms with Crippen LogP contribution >= 0.6 is 0 Å². The Kier molecular flexibility index (Phi) is 9.35. The number of nitrogens with zero attached hydrogens (tertiary/aromatic N) is 1. The Balaban J connectivity index is 1.30. The van der Waals surface area contributed by atoms with Crippen molar-refractivity contribution in [2.45, 2.75) is 32.7 Å². The van der Waals surface area contributed by atoms with E-state index in [0.29, 0.717) is 41.7 Å². The summed E-state index contributed by atoms with van der Waals surface area (Å²) in [4.78, 5) is 29.0. The third kappa shape index (κ3) is 7.60. The summed E-state index contributed by atoms with van der Waals surface area (Å²) in [5.74, 6) is 1.45. The number of aryl methyl sites for hydroxylation is 1. The summed E-state index contributed by atoms with van der Waals surface area (Å²) < 4.78 is 16.8. The second kappa shape index (κ2) is 13.3. The van der Waals surface area contributed by atoms with Crippen molar-refractivity contribution in [3.8, 4) is 23.0 Å². The van der Waals surface area contributed by atoms with Gasteiger partial charge in [0.2, 0.25) is 5.89 Å². The van der Waals surface area contributed by atoms with E-state index in [-0.39, 0.29) is 12.2 Å². The highest BCUT2D eigenvalue weighted by molar-refractivity contribution is 6.04. The Labute approximate surface area is 233 Å². The van der Waals surface area contributed by atoms with Gasteiger partial charge in [0.1, 0.15) is 23.3 Å². The van der Waals surface area contributed by atoms with Gasteiger partial charge in [0, 0.05) is 35.7 Å². The van der Waals surface area contributed by atoms with E-state index in [1.807, 2.05) is 61.5 Å². The van der Waals surface area contributed by atoms with E-state index >= 15 is 0 Å². The van der Waals surface area contributed by atoms with Gasteiger partial charge in [-0.25, -0.2) is 9.78 Å². The van der Waals surface area contributed by atoms with E-state index in [0.717, 1.165) is 22.6 Å². The number of ketones is 1. The number of hydrogen-bond acceptors (Lipinski definition) is 7. The molecule has 8 nitrogen and oxygen atoms in total. The fraction of sp³-hybridized carbons (Fsp3) is 0.219. The molecule has 0 saturated heterocycles. The number of rotatable bonds is 13. The van der Waals surface area contributed by atoms with Gasteiger partial charge in [-0.3, -0.25) is 4.79 Å². The second-order valence-electron chi connectivity index (χ2n) is 9.29. The van der Waals surface area contributed by atoms with Gasteiger partial charge in [-0.05, 0) is 67.9 Å². The number of oxazole rings is 1. The summed E-state index contributed by atoms with van der Waals surface area (Å²) in [6, 6.07) is 22.9. The highest BCUT2D eigenvalue weighted by atomic mass is 16.5. The van der Waals surface area contributed by atoms with Crippen molar-refractivity contribution in [2.75, 3.05) is 13.7 Å². The van der Waals surface area contributed by atoms with Gasteiger partial charge in [0.05, 0.1) is 19.4 Å². The molecule has 4 aromatic rings. The van der Waals surface area contributed by atoms with Gasteiger partial charge < -0.3 is 24.3 Å². The van der Waals surface area contributed by atoms with Crippen LogP contribution in [0.1, 0.15) is 34.3 Å². The van der Waals surface area contributed by atoms with Gasteiger partial charge in [0.25, 0.3) is 0 Å².